The molecule has 1 saturated carbocycles. The first-order valence-corrected chi connectivity index (χ1v) is 7.59. The molecule has 0 saturated heterocycles. The fourth-order valence-electron chi connectivity index (χ4n) is 2.95. The number of rotatable bonds is 7. The molecule has 0 heterocycles. The molecule has 0 aromatic carbocycles. The summed E-state index contributed by atoms with van der Waals surface area (Å²) in [6.07, 6.45) is 8.40. The third kappa shape index (κ3) is 7.17. The second kappa shape index (κ2) is 10.5. The van der Waals surface area contributed by atoms with Gasteiger partial charge in [0.25, 0.3) is 0 Å². The van der Waals surface area contributed by atoms with E-state index in [1.807, 2.05) is 7.05 Å². The lowest BCUT2D eigenvalue weighted by Crippen LogP contribution is -2.40. The number of halogens is 1. The van der Waals surface area contributed by atoms with Crippen LogP contribution in [0.1, 0.15) is 58.8 Å². The van der Waals surface area contributed by atoms with Crippen molar-refractivity contribution < 1.29 is 4.79 Å². The van der Waals surface area contributed by atoms with E-state index < -0.39 is 0 Å². The molecule has 2 N–H and O–H groups in total. The smallest absolute Gasteiger partial charge is 0.220 e. The molecule has 0 radical (unpaired) electrons. The van der Waals surface area contributed by atoms with Gasteiger partial charge in [-0.2, -0.15) is 0 Å². The lowest BCUT2D eigenvalue weighted by atomic mass is 9.78. The van der Waals surface area contributed by atoms with Crippen LogP contribution in [0.25, 0.3) is 0 Å². The number of nitrogens with one attached hydrogen (secondary N) is 2. The average molecular weight is 291 g/mol. The van der Waals surface area contributed by atoms with E-state index in [0.29, 0.717) is 18.4 Å². The highest BCUT2D eigenvalue weighted by atomic mass is 35.5. The van der Waals surface area contributed by atoms with Gasteiger partial charge in [-0.1, -0.05) is 39.0 Å². The molecule has 0 aromatic rings. The van der Waals surface area contributed by atoms with E-state index in [0.717, 1.165) is 18.9 Å². The molecular weight excluding hydrogens is 260 g/mol. The van der Waals surface area contributed by atoms with E-state index in [2.05, 4.69) is 24.5 Å². The van der Waals surface area contributed by atoms with Gasteiger partial charge in [-0.05, 0) is 38.8 Å². The predicted molar refractivity (Wildman–Crippen MR) is 83.8 cm³/mol. The lowest BCUT2D eigenvalue weighted by molar-refractivity contribution is -0.122. The van der Waals surface area contributed by atoms with Crippen LogP contribution < -0.4 is 10.6 Å². The van der Waals surface area contributed by atoms with Crippen LogP contribution in [0.2, 0.25) is 0 Å². The van der Waals surface area contributed by atoms with E-state index in [4.69, 9.17) is 0 Å². The SMILES string of the molecule is CNCCCC(=O)NC(C)C(C)C1CCCCC1.Cl. The van der Waals surface area contributed by atoms with Crippen molar-refractivity contribution in [3.63, 3.8) is 0 Å². The van der Waals surface area contributed by atoms with Crippen LogP contribution >= 0.6 is 12.4 Å². The third-order valence-electron chi connectivity index (χ3n) is 4.40. The number of hydrogen-bond donors (Lipinski definition) is 2. The molecule has 1 aliphatic carbocycles. The summed E-state index contributed by atoms with van der Waals surface area (Å²) in [6, 6.07) is 0.315. The van der Waals surface area contributed by atoms with Crippen LogP contribution in [-0.4, -0.2) is 25.5 Å². The van der Waals surface area contributed by atoms with Gasteiger partial charge in [0, 0.05) is 12.5 Å². The number of hydrogen-bond acceptors (Lipinski definition) is 2. The Bertz CT molecular complexity index is 242. The van der Waals surface area contributed by atoms with Gasteiger partial charge < -0.3 is 10.6 Å². The second-order valence-electron chi connectivity index (χ2n) is 5.82. The van der Waals surface area contributed by atoms with Gasteiger partial charge in [-0.25, -0.2) is 0 Å². The zero-order chi connectivity index (χ0) is 13.4. The fraction of sp³-hybridized carbons (Fsp3) is 0.933. The Morgan fingerprint density at radius 1 is 1.21 bits per heavy atom. The maximum Gasteiger partial charge on any atom is 0.220 e. The summed E-state index contributed by atoms with van der Waals surface area (Å²) in [5.74, 6) is 1.63. The Balaban J connectivity index is 0.00000324. The first-order valence-electron chi connectivity index (χ1n) is 7.59. The summed E-state index contributed by atoms with van der Waals surface area (Å²) in [6.45, 7) is 5.38. The molecule has 2 unspecified atom stereocenters. The first kappa shape index (κ1) is 18.7. The summed E-state index contributed by atoms with van der Waals surface area (Å²) in [7, 11) is 1.92. The highest BCUT2D eigenvalue weighted by Crippen LogP contribution is 2.31. The molecule has 1 fully saturated rings. The van der Waals surface area contributed by atoms with Crippen molar-refractivity contribution in [1.29, 1.82) is 0 Å². The van der Waals surface area contributed by atoms with Gasteiger partial charge in [0.15, 0.2) is 0 Å². The minimum Gasteiger partial charge on any atom is -0.353 e. The zero-order valence-electron chi connectivity index (χ0n) is 12.7. The van der Waals surface area contributed by atoms with Crippen molar-refractivity contribution in [2.75, 3.05) is 13.6 Å². The Morgan fingerprint density at radius 2 is 1.84 bits per heavy atom. The van der Waals surface area contributed by atoms with E-state index in [1.165, 1.54) is 32.1 Å². The number of amides is 1. The van der Waals surface area contributed by atoms with Crippen molar-refractivity contribution in [2.24, 2.45) is 11.8 Å². The Morgan fingerprint density at radius 3 is 2.42 bits per heavy atom. The molecule has 19 heavy (non-hydrogen) atoms. The van der Waals surface area contributed by atoms with Gasteiger partial charge >= 0.3 is 0 Å². The summed E-state index contributed by atoms with van der Waals surface area (Å²) in [4.78, 5) is 11.8. The molecular formula is C15H31ClN2O. The summed E-state index contributed by atoms with van der Waals surface area (Å²) in [5.41, 5.74) is 0. The Labute approximate surface area is 124 Å². The Hall–Kier alpha value is -0.280. The number of carbonyl (C=O) groups excluding carboxylic acids is 1. The van der Waals surface area contributed by atoms with Crippen molar-refractivity contribution in [3.05, 3.63) is 0 Å². The van der Waals surface area contributed by atoms with Crippen molar-refractivity contribution in [3.8, 4) is 0 Å². The predicted octanol–water partition coefficient (Wildman–Crippen LogP) is 3.13. The van der Waals surface area contributed by atoms with Crippen LogP contribution in [0, 0.1) is 11.8 Å². The van der Waals surface area contributed by atoms with Crippen LogP contribution in [0.5, 0.6) is 0 Å². The lowest BCUT2D eigenvalue weighted by Gasteiger charge is -2.32. The van der Waals surface area contributed by atoms with Gasteiger partial charge in [0.05, 0.1) is 0 Å². The molecule has 0 aromatic heterocycles. The molecule has 1 rings (SSSR count). The highest BCUT2D eigenvalue weighted by Gasteiger charge is 2.25. The second-order valence-corrected chi connectivity index (χ2v) is 5.82. The third-order valence-corrected chi connectivity index (χ3v) is 4.40. The topological polar surface area (TPSA) is 41.1 Å². The summed E-state index contributed by atoms with van der Waals surface area (Å²) < 4.78 is 0. The van der Waals surface area contributed by atoms with Crippen LogP contribution in [-0.2, 0) is 4.79 Å². The van der Waals surface area contributed by atoms with Crippen molar-refractivity contribution in [2.45, 2.75) is 64.8 Å². The average Bonchev–Trinajstić information content (AvgIpc) is 2.39. The highest BCUT2D eigenvalue weighted by molar-refractivity contribution is 5.85. The van der Waals surface area contributed by atoms with Gasteiger partial charge in [0.1, 0.15) is 0 Å². The van der Waals surface area contributed by atoms with E-state index in [9.17, 15) is 4.79 Å². The minimum absolute atomic E-state index is 0. The van der Waals surface area contributed by atoms with Crippen molar-refractivity contribution in [1.82, 2.24) is 10.6 Å². The fourth-order valence-corrected chi connectivity index (χ4v) is 2.95. The quantitative estimate of drug-likeness (QED) is 0.707. The molecule has 1 aliphatic rings. The number of carbonyl (C=O) groups is 1. The van der Waals surface area contributed by atoms with E-state index in [-0.39, 0.29) is 18.3 Å². The van der Waals surface area contributed by atoms with E-state index >= 15 is 0 Å². The van der Waals surface area contributed by atoms with Crippen LogP contribution in [0.4, 0.5) is 0 Å². The maximum atomic E-state index is 11.8. The van der Waals surface area contributed by atoms with Gasteiger partial charge in [-0.15, -0.1) is 12.4 Å². The monoisotopic (exact) mass is 290 g/mol. The molecule has 0 bridgehead atoms. The summed E-state index contributed by atoms with van der Waals surface area (Å²) >= 11 is 0. The van der Waals surface area contributed by atoms with Crippen LogP contribution in [0.3, 0.4) is 0 Å². The Kier molecular flexibility index (Phi) is 10.3. The molecule has 2 atom stereocenters. The molecule has 0 spiro atoms. The normalized spacial score (nSPS) is 19.3. The molecule has 4 heteroatoms. The minimum atomic E-state index is 0. The summed E-state index contributed by atoms with van der Waals surface area (Å²) in [5, 5.41) is 6.24. The molecule has 0 aliphatic heterocycles. The standard InChI is InChI=1S/C15H30N2O.ClH/c1-12(14-8-5-4-6-9-14)13(2)17-15(18)10-7-11-16-3;/h12-14,16H,4-11H2,1-3H3,(H,17,18);1H. The largest absolute Gasteiger partial charge is 0.353 e. The molecule has 3 nitrogen and oxygen atoms in total. The molecule has 1 amide bonds. The van der Waals surface area contributed by atoms with Gasteiger partial charge in [-0.3, -0.25) is 4.79 Å². The van der Waals surface area contributed by atoms with Crippen LogP contribution in [0.15, 0.2) is 0 Å². The zero-order valence-corrected chi connectivity index (χ0v) is 13.5. The first-order chi connectivity index (χ1) is 8.65. The van der Waals surface area contributed by atoms with Crippen molar-refractivity contribution >= 4 is 18.3 Å². The van der Waals surface area contributed by atoms with Gasteiger partial charge in [0.2, 0.25) is 5.91 Å². The molecule has 114 valence electrons. The van der Waals surface area contributed by atoms with E-state index in [1.54, 1.807) is 0 Å². The maximum absolute atomic E-state index is 11.8.